The molecule has 1 aliphatic rings. The lowest BCUT2D eigenvalue weighted by molar-refractivity contribution is 0.0711. The average molecular weight is 422 g/mol. The molecule has 160 valence electrons. The van der Waals surface area contributed by atoms with Gasteiger partial charge in [-0.05, 0) is 50.1 Å². The van der Waals surface area contributed by atoms with Crippen LogP contribution in [0.2, 0.25) is 0 Å². The summed E-state index contributed by atoms with van der Waals surface area (Å²) in [6, 6.07) is 7.36. The minimum atomic E-state index is -0.586. The first-order chi connectivity index (χ1) is 14.9. The molecule has 1 fully saturated rings. The van der Waals surface area contributed by atoms with Gasteiger partial charge in [-0.1, -0.05) is 0 Å². The van der Waals surface area contributed by atoms with Gasteiger partial charge in [-0.25, -0.2) is 14.4 Å². The van der Waals surface area contributed by atoms with Crippen molar-refractivity contribution in [2.75, 3.05) is 18.4 Å². The number of amides is 2. The number of nitrogens with one attached hydrogen (secondary N) is 1. The second-order valence-corrected chi connectivity index (χ2v) is 7.62. The normalized spacial score (nSPS) is 14.5. The van der Waals surface area contributed by atoms with Crippen LogP contribution in [0.5, 0.6) is 0 Å². The van der Waals surface area contributed by atoms with Crippen LogP contribution in [0.4, 0.5) is 10.1 Å². The zero-order valence-electron chi connectivity index (χ0n) is 17.4. The molecule has 1 aliphatic heterocycles. The van der Waals surface area contributed by atoms with Crippen molar-refractivity contribution < 1.29 is 14.0 Å². The lowest BCUT2D eigenvalue weighted by atomic mass is 9.93. The standard InChI is InChI=1S/C22H23FN6O2/c1-14-24-7-3-19(26-14)15-5-9-29(10-6-15)22(31)16-11-17(23)13-18(12-16)27-21(30)20-4-8-25-28(20)2/h3-4,7-8,11-13,15H,5-6,9-10H2,1-2H3,(H,27,30). The number of halogens is 1. The summed E-state index contributed by atoms with van der Waals surface area (Å²) in [5, 5.41) is 6.58. The van der Waals surface area contributed by atoms with E-state index in [1.54, 1.807) is 24.2 Å². The Labute approximate surface area is 179 Å². The van der Waals surface area contributed by atoms with Gasteiger partial charge in [0.05, 0.1) is 0 Å². The van der Waals surface area contributed by atoms with E-state index in [2.05, 4.69) is 20.4 Å². The number of carbonyl (C=O) groups is 2. The quantitative estimate of drug-likeness (QED) is 0.698. The van der Waals surface area contributed by atoms with Crippen molar-refractivity contribution in [3.8, 4) is 0 Å². The number of benzene rings is 1. The van der Waals surface area contributed by atoms with E-state index in [4.69, 9.17) is 0 Å². The molecule has 1 N–H and O–H groups in total. The Bertz CT molecular complexity index is 1120. The van der Waals surface area contributed by atoms with Crippen LogP contribution >= 0.6 is 0 Å². The van der Waals surface area contributed by atoms with Crippen LogP contribution in [-0.2, 0) is 7.05 Å². The largest absolute Gasteiger partial charge is 0.339 e. The number of rotatable bonds is 4. The van der Waals surface area contributed by atoms with Crippen LogP contribution in [0, 0.1) is 12.7 Å². The monoisotopic (exact) mass is 422 g/mol. The number of piperidine rings is 1. The number of carbonyl (C=O) groups excluding carboxylic acids is 2. The molecule has 3 aromatic rings. The Morgan fingerprint density at radius 2 is 1.90 bits per heavy atom. The molecule has 9 heteroatoms. The van der Waals surface area contributed by atoms with Gasteiger partial charge in [0.15, 0.2) is 0 Å². The highest BCUT2D eigenvalue weighted by Crippen LogP contribution is 2.28. The van der Waals surface area contributed by atoms with Gasteiger partial charge in [-0.15, -0.1) is 0 Å². The fourth-order valence-electron chi connectivity index (χ4n) is 3.84. The highest BCUT2D eigenvalue weighted by atomic mass is 19.1. The molecule has 0 saturated carbocycles. The van der Waals surface area contributed by atoms with Crippen LogP contribution in [0.25, 0.3) is 0 Å². The molecule has 1 aromatic carbocycles. The maximum atomic E-state index is 14.2. The highest BCUT2D eigenvalue weighted by molar-refractivity contribution is 6.04. The van der Waals surface area contributed by atoms with E-state index in [1.807, 2.05) is 13.0 Å². The number of hydrogen-bond acceptors (Lipinski definition) is 5. The minimum Gasteiger partial charge on any atom is -0.339 e. The number of likely N-dealkylation sites (tertiary alicyclic amines) is 1. The summed E-state index contributed by atoms with van der Waals surface area (Å²) in [4.78, 5) is 35.7. The minimum absolute atomic E-state index is 0.205. The summed E-state index contributed by atoms with van der Waals surface area (Å²) >= 11 is 0. The average Bonchev–Trinajstić information content (AvgIpc) is 3.19. The van der Waals surface area contributed by atoms with E-state index in [9.17, 15) is 14.0 Å². The molecule has 0 unspecified atom stereocenters. The molecule has 0 spiro atoms. The number of nitrogens with zero attached hydrogens (tertiary/aromatic N) is 5. The van der Waals surface area contributed by atoms with Crippen LogP contribution < -0.4 is 5.32 Å². The lowest BCUT2D eigenvalue weighted by Crippen LogP contribution is -2.38. The van der Waals surface area contributed by atoms with Crippen LogP contribution in [-0.4, -0.2) is 49.6 Å². The Hall–Kier alpha value is -3.62. The number of hydrogen-bond donors (Lipinski definition) is 1. The fourth-order valence-corrected chi connectivity index (χ4v) is 3.84. The molecule has 2 amide bonds. The molecule has 2 aromatic heterocycles. The van der Waals surface area contributed by atoms with Gasteiger partial charge in [0.1, 0.15) is 17.3 Å². The predicted molar refractivity (Wildman–Crippen MR) is 112 cm³/mol. The van der Waals surface area contributed by atoms with E-state index in [-0.39, 0.29) is 23.1 Å². The first-order valence-electron chi connectivity index (χ1n) is 10.1. The summed E-state index contributed by atoms with van der Waals surface area (Å²) in [6.07, 6.45) is 4.81. The Morgan fingerprint density at radius 1 is 1.13 bits per heavy atom. The third kappa shape index (κ3) is 4.60. The van der Waals surface area contributed by atoms with Crippen molar-refractivity contribution in [2.45, 2.75) is 25.7 Å². The Morgan fingerprint density at radius 3 is 2.58 bits per heavy atom. The Balaban J connectivity index is 1.44. The van der Waals surface area contributed by atoms with Crippen molar-refractivity contribution in [2.24, 2.45) is 7.05 Å². The first-order valence-corrected chi connectivity index (χ1v) is 10.1. The lowest BCUT2D eigenvalue weighted by Gasteiger charge is -2.32. The molecule has 31 heavy (non-hydrogen) atoms. The van der Waals surface area contributed by atoms with Gasteiger partial charge in [-0.3, -0.25) is 14.3 Å². The van der Waals surface area contributed by atoms with Crippen molar-refractivity contribution in [3.05, 3.63) is 71.3 Å². The summed E-state index contributed by atoms with van der Waals surface area (Å²) in [5.74, 6) is -0.265. The molecule has 0 bridgehead atoms. The molecular formula is C22H23FN6O2. The van der Waals surface area contributed by atoms with E-state index in [1.165, 1.54) is 29.1 Å². The zero-order valence-corrected chi connectivity index (χ0v) is 17.4. The maximum absolute atomic E-state index is 14.2. The summed E-state index contributed by atoms with van der Waals surface area (Å²) < 4.78 is 15.6. The molecule has 0 aliphatic carbocycles. The molecular weight excluding hydrogens is 399 g/mol. The van der Waals surface area contributed by atoms with Gasteiger partial charge in [0, 0.05) is 55.4 Å². The van der Waals surface area contributed by atoms with Crippen LogP contribution in [0.15, 0.2) is 42.7 Å². The van der Waals surface area contributed by atoms with Crippen LogP contribution in [0.1, 0.15) is 51.1 Å². The summed E-state index contributed by atoms with van der Waals surface area (Å²) in [7, 11) is 1.64. The maximum Gasteiger partial charge on any atom is 0.273 e. The second-order valence-electron chi connectivity index (χ2n) is 7.62. The molecule has 1 saturated heterocycles. The number of anilines is 1. The molecule has 0 atom stereocenters. The fraction of sp³-hybridized carbons (Fsp3) is 0.318. The van der Waals surface area contributed by atoms with Gasteiger partial charge in [-0.2, -0.15) is 5.10 Å². The van der Waals surface area contributed by atoms with Crippen molar-refractivity contribution in [1.29, 1.82) is 0 Å². The first kappa shape index (κ1) is 20.6. The molecule has 3 heterocycles. The van der Waals surface area contributed by atoms with Crippen molar-refractivity contribution in [3.63, 3.8) is 0 Å². The van der Waals surface area contributed by atoms with E-state index >= 15 is 0 Å². The molecule has 0 radical (unpaired) electrons. The topological polar surface area (TPSA) is 93.0 Å². The Kier molecular flexibility index (Phi) is 5.75. The van der Waals surface area contributed by atoms with Gasteiger partial charge in [0.25, 0.3) is 11.8 Å². The molecule has 4 rings (SSSR count). The van der Waals surface area contributed by atoms with Gasteiger partial charge >= 0.3 is 0 Å². The zero-order chi connectivity index (χ0) is 22.0. The van der Waals surface area contributed by atoms with Crippen molar-refractivity contribution in [1.82, 2.24) is 24.6 Å². The third-order valence-electron chi connectivity index (χ3n) is 5.45. The SMILES string of the molecule is Cc1nccc(C2CCN(C(=O)c3cc(F)cc(NC(=O)c4ccnn4C)c3)CC2)n1. The highest BCUT2D eigenvalue weighted by Gasteiger charge is 2.26. The summed E-state index contributed by atoms with van der Waals surface area (Å²) in [6.45, 7) is 2.97. The van der Waals surface area contributed by atoms with Crippen LogP contribution in [0.3, 0.4) is 0 Å². The second kappa shape index (κ2) is 8.63. The smallest absolute Gasteiger partial charge is 0.273 e. The predicted octanol–water partition coefficient (Wildman–Crippen LogP) is 2.93. The van der Waals surface area contributed by atoms with E-state index < -0.39 is 11.7 Å². The van der Waals surface area contributed by atoms with E-state index in [0.717, 1.165) is 24.4 Å². The number of aromatic nitrogens is 4. The van der Waals surface area contributed by atoms with E-state index in [0.29, 0.717) is 18.8 Å². The summed E-state index contributed by atoms with van der Waals surface area (Å²) in [5.41, 5.74) is 1.75. The third-order valence-corrected chi connectivity index (χ3v) is 5.45. The number of aryl methyl sites for hydroxylation is 2. The van der Waals surface area contributed by atoms with Crippen molar-refractivity contribution >= 4 is 17.5 Å². The van der Waals surface area contributed by atoms with Gasteiger partial charge in [0.2, 0.25) is 0 Å². The van der Waals surface area contributed by atoms with Gasteiger partial charge < -0.3 is 10.2 Å². The molecule has 8 nitrogen and oxygen atoms in total.